The minimum atomic E-state index is -1.38. The van der Waals surface area contributed by atoms with E-state index in [1.807, 2.05) is 20.8 Å². The monoisotopic (exact) mass is 496 g/mol. The average molecular weight is 497 g/mol. The van der Waals surface area contributed by atoms with Gasteiger partial charge in [-0.25, -0.2) is 4.39 Å². The number of aromatic nitrogens is 1. The highest BCUT2D eigenvalue weighted by atomic mass is 19.1. The Bertz CT molecular complexity index is 1280. The number of nitrogens with one attached hydrogen (secondary N) is 2. The van der Waals surface area contributed by atoms with E-state index in [0.29, 0.717) is 5.76 Å². The summed E-state index contributed by atoms with van der Waals surface area (Å²) >= 11 is 0. The number of ether oxygens (including phenoxy) is 1. The summed E-state index contributed by atoms with van der Waals surface area (Å²) in [6, 6.07) is 6.57. The number of hydrogen-bond acceptors (Lipinski definition) is 6. The second-order valence-electron chi connectivity index (χ2n) is 10.9. The van der Waals surface area contributed by atoms with Crippen molar-refractivity contribution >= 4 is 23.5 Å². The zero-order valence-electron chi connectivity index (χ0n) is 20.8. The zero-order valence-corrected chi connectivity index (χ0v) is 20.8. The molecule has 10 heteroatoms. The first-order chi connectivity index (χ1) is 16.8. The number of benzene rings is 1. The van der Waals surface area contributed by atoms with Crippen LogP contribution in [0.5, 0.6) is 0 Å². The van der Waals surface area contributed by atoms with Crippen LogP contribution in [0.15, 0.2) is 47.0 Å². The molecule has 3 aliphatic rings. The summed E-state index contributed by atoms with van der Waals surface area (Å²) in [7, 11) is 0. The van der Waals surface area contributed by atoms with Crippen molar-refractivity contribution in [1.82, 2.24) is 15.4 Å². The number of hydrogen-bond donors (Lipinski definition) is 2. The Morgan fingerprint density at radius 2 is 1.92 bits per heavy atom. The zero-order chi connectivity index (χ0) is 26.0. The standard InChI is InChI=1S/C26H29FN4O5/c1-14-12-17(30-35-14)28-21(32)18-19-23(34)31(13-15-8-6-7-9-16(15)27)20(22(33)29-24(2,3)4)26(19)11-10-25(18,5)36-26/h6-12,18-20H,13H2,1-5H3,(H,29,33)(H,28,30,32)/t18-,19-,20-,25+,26-/m1/s1. The van der Waals surface area contributed by atoms with Crippen LogP contribution in [0.1, 0.15) is 39.0 Å². The van der Waals surface area contributed by atoms with Crippen molar-refractivity contribution in [1.29, 1.82) is 0 Å². The number of nitrogens with zero attached hydrogens (tertiary/aromatic N) is 2. The molecule has 9 nitrogen and oxygen atoms in total. The number of amides is 3. The third kappa shape index (κ3) is 3.71. The lowest BCUT2D eigenvalue weighted by Crippen LogP contribution is -2.57. The molecule has 5 rings (SSSR count). The van der Waals surface area contributed by atoms with E-state index in [1.165, 1.54) is 11.0 Å². The van der Waals surface area contributed by atoms with Crippen molar-refractivity contribution in [3.63, 3.8) is 0 Å². The molecule has 0 radical (unpaired) electrons. The second-order valence-corrected chi connectivity index (χ2v) is 10.9. The van der Waals surface area contributed by atoms with Crippen molar-refractivity contribution in [2.75, 3.05) is 5.32 Å². The molecule has 2 N–H and O–H groups in total. The van der Waals surface area contributed by atoms with E-state index in [1.54, 1.807) is 50.3 Å². The van der Waals surface area contributed by atoms with Crippen molar-refractivity contribution in [3.8, 4) is 0 Å². The van der Waals surface area contributed by atoms with Crippen molar-refractivity contribution in [2.24, 2.45) is 11.8 Å². The fraction of sp³-hybridized carbons (Fsp3) is 0.462. The number of carbonyl (C=O) groups excluding carboxylic acids is 3. The maximum absolute atomic E-state index is 14.6. The predicted octanol–water partition coefficient (Wildman–Crippen LogP) is 2.72. The Morgan fingerprint density at radius 3 is 2.56 bits per heavy atom. The summed E-state index contributed by atoms with van der Waals surface area (Å²) in [5.74, 6) is -3.03. The van der Waals surface area contributed by atoms with Gasteiger partial charge in [-0.05, 0) is 40.7 Å². The number of carbonyl (C=O) groups is 3. The summed E-state index contributed by atoms with van der Waals surface area (Å²) in [5, 5.41) is 9.46. The molecule has 2 fully saturated rings. The predicted molar refractivity (Wildman–Crippen MR) is 127 cm³/mol. The largest absolute Gasteiger partial charge is 0.360 e. The van der Waals surface area contributed by atoms with Crippen LogP contribution in [0.25, 0.3) is 0 Å². The number of aryl methyl sites for hydroxylation is 1. The van der Waals surface area contributed by atoms with Crippen molar-refractivity contribution < 1.29 is 28.0 Å². The van der Waals surface area contributed by atoms with E-state index in [9.17, 15) is 18.8 Å². The highest BCUT2D eigenvalue weighted by Crippen LogP contribution is 2.60. The van der Waals surface area contributed by atoms with Crippen LogP contribution >= 0.6 is 0 Å². The highest BCUT2D eigenvalue weighted by Gasteiger charge is 2.76. The van der Waals surface area contributed by atoms with Crippen LogP contribution in [-0.2, 0) is 25.7 Å². The minimum absolute atomic E-state index is 0.142. The molecule has 0 saturated carbocycles. The van der Waals surface area contributed by atoms with Gasteiger partial charge in [-0.2, -0.15) is 0 Å². The Balaban J connectivity index is 1.56. The molecular weight excluding hydrogens is 467 g/mol. The fourth-order valence-electron chi connectivity index (χ4n) is 5.68. The lowest BCUT2D eigenvalue weighted by atomic mass is 9.70. The molecule has 1 spiro atoms. The van der Waals surface area contributed by atoms with Crippen LogP contribution in [0.2, 0.25) is 0 Å². The molecule has 1 aromatic heterocycles. The Morgan fingerprint density at radius 1 is 1.19 bits per heavy atom. The first kappa shape index (κ1) is 24.2. The summed E-state index contributed by atoms with van der Waals surface area (Å²) < 4.78 is 26.1. The van der Waals surface area contributed by atoms with Gasteiger partial charge in [0.25, 0.3) is 0 Å². The van der Waals surface area contributed by atoms with Gasteiger partial charge in [-0.15, -0.1) is 0 Å². The summed E-state index contributed by atoms with van der Waals surface area (Å²) in [6.07, 6.45) is 3.45. The van der Waals surface area contributed by atoms with Crippen molar-refractivity contribution in [2.45, 2.75) is 63.9 Å². The first-order valence-electron chi connectivity index (χ1n) is 11.9. The van der Waals surface area contributed by atoms with Gasteiger partial charge in [0, 0.05) is 23.7 Å². The number of fused-ring (bicyclic) bond motifs is 1. The number of likely N-dealkylation sites (tertiary alicyclic amines) is 1. The highest BCUT2D eigenvalue weighted by molar-refractivity contribution is 6.03. The van der Waals surface area contributed by atoms with E-state index < -0.39 is 58.2 Å². The summed E-state index contributed by atoms with van der Waals surface area (Å²) in [5.41, 5.74) is -2.83. The molecule has 5 atom stereocenters. The molecule has 36 heavy (non-hydrogen) atoms. The molecule has 2 aromatic rings. The minimum Gasteiger partial charge on any atom is -0.360 e. The maximum Gasteiger partial charge on any atom is 0.246 e. The molecule has 2 saturated heterocycles. The average Bonchev–Trinajstić information content (AvgIpc) is 3.46. The Labute approximate surface area is 208 Å². The maximum atomic E-state index is 14.6. The van der Waals surface area contributed by atoms with E-state index in [4.69, 9.17) is 9.26 Å². The van der Waals surface area contributed by atoms with Crippen LogP contribution in [0.3, 0.4) is 0 Å². The SMILES string of the molecule is Cc1cc(NC(=O)[C@H]2[C@@H]3C(=O)N(Cc4ccccc4F)[C@H](C(=O)NC(C)(C)C)[C@@]34C=C[C@]2(C)O4)no1. The second kappa shape index (κ2) is 7.99. The number of halogens is 1. The number of anilines is 1. The van der Waals surface area contributed by atoms with Crippen LogP contribution < -0.4 is 10.6 Å². The van der Waals surface area contributed by atoms with Gasteiger partial charge in [-0.3, -0.25) is 14.4 Å². The quantitative estimate of drug-likeness (QED) is 0.616. The van der Waals surface area contributed by atoms with E-state index in [-0.39, 0.29) is 17.9 Å². The van der Waals surface area contributed by atoms with Gasteiger partial charge in [0.1, 0.15) is 23.2 Å². The lowest BCUT2D eigenvalue weighted by molar-refractivity contribution is -0.145. The molecular formula is C26H29FN4O5. The van der Waals surface area contributed by atoms with Gasteiger partial charge in [0.05, 0.1) is 17.4 Å². The normalized spacial score (nSPS) is 30.6. The first-order valence-corrected chi connectivity index (χ1v) is 11.9. The van der Waals surface area contributed by atoms with Crippen LogP contribution in [0, 0.1) is 24.6 Å². The molecule has 1 aromatic carbocycles. The van der Waals surface area contributed by atoms with E-state index in [2.05, 4.69) is 15.8 Å². The van der Waals surface area contributed by atoms with Gasteiger partial charge < -0.3 is 24.8 Å². The lowest BCUT2D eigenvalue weighted by Gasteiger charge is -2.35. The smallest absolute Gasteiger partial charge is 0.246 e. The third-order valence-electron chi connectivity index (χ3n) is 7.00. The molecule has 3 aliphatic heterocycles. The molecule has 2 bridgehead atoms. The summed E-state index contributed by atoms with van der Waals surface area (Å²) in [6.45, 7) is 8.77. The van der Waals surface area contributed by atoms with Crippen LogP contribution in [0.4, 0.5) is 10.2 Å². The van der Waals surface area contributed by atoms with E-state index in [0.717, 1.165) is 0 Å². The fourth-order valence-corrected chi connectivity index (χ4v) is 5.68. The molecule has 4 heterocycles. The molecule has 0 unspecified atom stereocenters. The third-order valence-corrected chi connectivity index (χ3v) is 7.00. The number of rotatable bonds is 5. The van der Waals surface area contributed by atoms with Crippen LogP contribution in [-0.4, -0.2) is 50.6 Å². The topological polar surface area (TPSA) is 114 Å². The van der Waals surface area contributed by atoms with Gasteiger partial charge >= 0.3 is 0 Å². The Kier molecular flexibility index (Phi) is 5.37. The molecule has 0 aliphatic carbocycles. The summed E-state index contributed by atoms with van der Waals surface area (Å²) in [4.78, 5) is 42.5. The Hall–Kier alpha value is -3.53. The van der Waals surface area contributed by atoms with E-state index >= 15 is 0 Å². The van der Waals surface area contributed by atoms with Gasteiger partial charge in [-0.1, -0.05) is 35.5 Å². The van der Waals surface area contributed by atoms with Gasteiger partial charge in [0.2, 0.25) is 17.7 Å². The van der Waals surface area contributed by atoms with Gasteiger partial charge in [0.15, 0.2) is 5.82 Å². The van der Waals surface area contributed by atoms with Crippen molar-refractivity contribution in [3.05, 3.63) is 59.6 Å². The molecule has 3 amide bonds. The molecule has 190 valence electrons.